The standard InChI is InChI=1S/C11H21N5O2/c1-7(17)16-11(9(18)14-2)5-3-4-8(11)6-15-10(12)13/h8H,3-6H2,1-2H3,(H,14,18)(H,16,17)(H4,12,13,15)/t8-,11+/m1/s1. The van der Waals surface area contributed by atoms with Gasteiger partial charge >= 0.3 is 0 Å². The molecule has 6 N–H and O–H groups in total. The molecule has 0 bridgehead atoms. The predicted molar refractivity (Wildman–Crippen MR) is 68.6 cm³/mol. The van der Waals surface area contributed by atoms with E-state index >= 15 is 0 Å². The van der Waals surface area contributed by atoms with E-state index in [2.05, 4.69) is 15.6 Å². The molecule has 1 saturated carbocycles. The van der Waals surface area contributed by atoms with Crippen molar-refractivity contribution in [3.63, 3.8) is 0 Å². The van der Waals surface area contributed by atoms with Crippen molar-refractivity contribution in [3.05, 3.63) is 0 Å². The summed E-state index contributed by atoms with van der Waals surface area (Å²) in [6.45, 7) is 1.75. The lowest BCUT2D eigenvalue weighted by Gasteiger charge is -2.33. The molecule has 1 aliphatic carbocycles. The molecular formula is C11H21N5O2. The smallest absolute Gasteiger partial charge is 0.245 e. The minimum Gasteiger partial charge on any atom is -0.370 e. The highest BCUT2D eigenvalue weighted by molar-refractivity contribution is 5.91. The van der Waals surface area contributed by atoms with Gasteiger partial charge in [0.25, 0.3) is 0 Å². The van der Waals surface area contributed by atoms with Crippen molar-refractivity contribution >= 4 is 17.8 Å². The van der Waals surface area contributed by atoms with E-state index in [9.17, 15) is 9.59 Å². The normalized spacial score (nSPS) is 26.4. The average molecular weight is 255 g/mol. The number of guanidine groups is 1. The van der Waals surface area contributed by atoms with Crippen molar-refractivity contribution in [1.82, 2.24) is 10.6 Å². The number of carbonyl (C=O) groups is 2. The van der Waals surface area contributed by atoms with Gasteiger partial charge in [0.1, 0.15) is 5.54 Å². The highest BCUT2D eigenvalue weighted by Gasteiger charge is 2.49. The molecule has 18 heavy (non-hydrogen) atoms. The minimum atomic E-state index is -0.889. The third kappa shape index (κ3) is 2.91. The summed E-state index contributed by atoms with van der Waals surface area (Å²) in [5.74, 6) is -0.500. The second-order valence-corrected chi connectivity index (χ2v) is 4.59. The molecule has 0 radical (unpaired) electrons. The molecule has 7 nitrogen and oxygen atoms in total. The summed E-state index contributed by atoms with van der Waals surface area (Å²) in [4.78, 5) is 27.4. The fourth-order valence-electron chi connectivity index (χ4n) is 2.60. The van der Waals surface area contributed by atoms with Gasteiger partial charge in [-0.3, -0.25) is 14.6 Å². The SMILES string of the molecule is CNC(=O)[C@]1(NC(C)=O)CCC[C@@H]1CN=C(N)N. The van der Waals surface area contributed by atoms with Gasteiger partial charge in [0.2, 0.25) is 11.8 Å². The van der Waals surface area contributed by atoms with Crippen LogP contribution in [0.15, 0.2) is 4.99 Å². The van der Waals surface area contributed by atoms with Crippen molar-refractivity contribution in [3.8, 4) is 0 Å². The van der Waals surface area contributed by atoms with Gasteiger partial charge in [0, 0.05) is 26.4 Å². The number of nitrogens with zero attached hydrogens (tertiary/aromatic N) is 1. The van der Waals surface area contributed by atoms with Crippen LogP contribution in [0.3, 0.4) is 0 Å². The summed E-state index contributed by atoms with van der Waals surface area (Å²) >= 11 is 0. The van der Waals surface area contributed by atoms with Gasteiger partial charge in [-0.2, -0.15) is 0 Å². The van der Waals surface area contributed by atoms with Gasteiger partial charge in [-0.25, -0.2) is 0 Å². The Bertz CT molecular complexity index is 364. The summed E-state index contributed by atoms with van der Waals surface area (Å²) in [7, 11) is 1.56. The van der Waals surface area contributed by atoms with Crippen molar-refractivity contribution in [2.75, 3.05) is 13.6 Å². The monoisotopic (exact) mass is 255 g/mol. The first-order valence-electron chi connectivity index (χ1n) is 5.98. The number of amides is 2. The van der Waals surface area contributed by atoms with Crippen LogP contribution in [0.5, 0.6) is 0 Å². The highest BCUT2D eigenvalue weighted by Crippen LogP contribution is 2.36. The number of carbonyl (C=O) groups excluding carboxylic acids is 2. The first-order chi connectivity index (χ1) is 8.42. The zero-order valence-electron chi connectivity index (χ0n) is 10.8. The molecule has 7 heteroatoms. The van der Waals surface area contributed by atoms with E-state index in [1.165, 1.54) is 6.92 Å². The molecule has 102 valence electrons. The van der Waals surface area contributed by atoms with E-state index in [0.717, 1.165) is 12.8 Å². The molecule has 0 aliphatic heterocycles. The van der Waals surface area contributed by atoms with Crippen LogP contribution in [0.1, 0.15) is 26.2 Å². The van der Waals surface area contributed by atoms with Crippen molar-refractivity contribution in [2.24, 2.45) is 22.4 Å². The predicted octanol–water partition coefficient (Wildman–Crippen LogP) is -1.32. The molecule has 2 atom stereocenters. The van der Waals surface area contributed by atoms with E-state index in [-0.39, 0.29) is 23.7 Å². The minimum absolute atomic E-state index is 0.00414. The van der Waals surface area contributed by atoms with Crippen molar-refractivity contribution < 1.29 is 9.59 Å². The van der Waals surface area contributed by atoms with Crippen LogP contribution in [0, 0.1) is 5.92 Å². The van der Waals surface area contributed by atoms with Gasteiger partial charge in [0.05, 0.1) is 0 Å². The average Bonchev–Trinajstić information content (AvgIpc) is 2.68. The molecule has 1 aliphatic rings. The Hall–Kier alpha value is -1.79. The van der Waals surface area contributed by atoms with Gasteiger partial charge in [-0.1, -0.05) is 6.42 Å². The Balaban J connectivity index is 2.95. The van der Waals surface area contributed by atoms with Gasteiger partial charge in [-0.15, -0.1) is 0 Å². The zero-order chi connectivity index (χ0) is 13.8. The molecule has 1 rings (SSSR count). The maximum absolute atomic E-state index is 12.1. The fourth-order valence-corrected chi connectivity index (χ4v) is 2.60. The Morgan fingerprint density at radius 2 is 2.11 bits per heavy atom. The number of rotatable bonds is 4. The fraction of sp³-hybridized carbons (Fsp3) is 0.727. The summed E-state index contributed by atoms with van der Waals surface area (Å²) in [6.07, 6.45) is 2.28. The van der Waals surface area contributed by atoms with Crippen molar-refractivity contribution in [2.45, 2.75) is 31.7 Å². The first-order valence-corrected chi connectivity index (χ1v) is 5.98. The Labute approximate surface area is 106 Å². The van der Waals surface area contributed by atoms with E-state index in [1.807, 2.05) is 0 Å². The molecule has 0 aromatic carbocycles. The third-order valence-electron chi connectivity index (χ3n) is 3.35. The number of hydrogen-bond acceptors (Lipinski definition) is 3. The lowest BCUT2D eigenvalue weighted by Crippen LogP contribution is -2.60. The zero-order valence-corrected chi connectivity index (χ0v) is 10.8. The molecule has 2 amide bonds. The second kappa shape index (κ2) is 5.70. The first kappa shape index (κ1) is 14.3. The van der Waals surface area contributed by atoms with Crippen LogP contribution in [-0.4, -0.2) is 36.9 Å². The molecule has 0 spiro atoms. The summed E-state index contributed by atoms with van der Waals surface area (Å²) < 4.78 is 0. The van der Waals surface area contributed by atoms with Crippen LogP contribution in [0.2, 0.25) is 0 Å². The van der Waals surface area contributed by atoms with Crippen LogP contribution >= 0.6 is 0 Å². The van der Waals surface area contributed by atoms with Gasteiger partial charge in [-0.05, 0) is 12.8 Å². The summed E-state index contributed by atoms with van der Waals surface area (Å²) in [5.41, 5.74) is 9.73. The number of hydrogen-bond donors (Lipinski definition) is 4. The molecule has 0 saturated heterocycles. The summed E-state index contributed by atoms with van der Waals surface area (Å²) in [6, 6.07) is 0. The molecule has 1 fully saturated rings. The van der Waals surface area contributed by atoms with Crippen molar-refractivity contribution in [1.29, 1.82) is 0 Å². The number of nitrogens with one attached hydrogen (secondary N) is 2. The lowest BCUT2D eigenvalue weighted by molar-refractivity contribution is -0.134. The maximum Gasteiger partial charge on any atom is 0.245 e. The lowest BCUT2D eigenvalue weighted by atomic mass is 9.85. The quantitative estimate of drug-likeness (QED) is 0.367. The topological polar surface area (TPSA) is 123 Å². The van der Waals surface area contributed by atoms with Crippen LogP contribution in [-0.2, 0) is 9.59 Å². The van der Waals surface area contributed by atoms with E-state index < -0.39 is 5.54 Å². The molecule has 0 aromatic rings. The van der Waals surface area contributed by atoms with Gasteiger partial charge < -0.3 is 22.1 Å². The third-order valence-corrected chi connectivity index (χ3v) is 3.35. The molecule has 0 unspecified atom stereocenters. The van der Waals surface area contributed by atoms with E-state index in [4.69, 9.17) is 11.5 Å². The Morgan fingerprint density at radius 3 is 2.61 bits per heavy atom. The molecule has 0 heterocycles. The largest absolute Gasteiger partial charge is 0.370 e. The van der Waals surface area contributed by atoms with Gasteiger partial charge in [0.15, 0.2) is 5.96 Å². The van der Waals surface area contributed by atoms with E-state index in [1.54, 1.807) is 7.05 Å². The summed E-state index contributed by atoms with van der Waals surface area (Å²) in [5, 5.41) is 5.38. The Kier molecular flexibility index (Phi) is 4.52. The van der Waals surface area contributed by atoms with Crippen LogP contribution in [0.25, 0.3) is 0 Å². The van der Waals surface area contributed by atoms with Crippen LogP contribution in [0.4, 0.5) is 0 Å². The highest BCUT2D eigenvalue weighted by atomic mass is 16.2. The number of aliphatic imine (C=N–C) groups is 1. The second-order valence-electron chi connectivity index (χ2n) is 4.59. The Morgan fingerprint density at radius 1 is 1.44 bits per heavy atom. The number of nitrogens with two attached hydrogens (primary N) is 2. The molecular weight excluding hydrogens is 234 g/mol. The maximum atomic E-state index is 12.1. The van der Waals surface area contributed by atoms with Crippen LogP contribution < -0.4 is 22.1 Å². The van der Waals surface area contributed by atoms with E-state index in [0.29, 0.717) is 13.0 Å². The number of likely N-dealkylation sites (N-methyl/N-ethyl adjacent to an activating group) is 1. The molecule has 0 aromatic heterocycles.